The molecule has 2 unspecified atom stereocenters. The molecule has 0 aliphatic carbocycles. The standard InChI is InChI=1S/C27H34N2OSi/c1-18(2)11-13-23(17-31-25-14-12-19(3)16-20(25)4)21(5)27(30)29-24-10-6-8-22-9-7-15-28-26(22)24/h6-10,12,14-16,18,21,23H,11,13,17H2,1-5H3,(H,29,30). The minimum absolute atomic E-state index is 0.0454. The van der Waals surface area contributed by atoms with Crippen molar-refractivity contribution < 1.29 is 4.79 Å². The molecule has 0 aliphatic heterocycles. The van der Waals surface area contributed by atoms with Crippen molar-refractivity contribution in [2.24, 2.45) is 17.8 Å². The molecule has 0 saturated heterocycles. The second-order valence-corrected chi connectivity index (χ2v) is 10.4. The van der Waals surface area contributed by atoms with Crippen molar-refractivity contribution in [3.8, 4) is 0 Å². The number of rotatable bonds is 9. The number of anilines is 1. The zero-order chi connectivity index (χ0) is 22.4. The summed E-state index contributed by atoms with van der Waals surface area (Å²) in [5.74, 6) is 1.06. The number of amides is 1. The van der Waals surface area contributed by atoms with Gasteiger partial charge < -0.3 is 5.32 Å². The molecule has 0 fully saturated rings. The molecule has 0 bridgehead atoms. The van der Waals surface area contributed by atoms with E-state index in [0.717, 1.165) is 45.0 Å². The van der Waals surface area contributed by atoms with Crippen LogP contribution < -0.4 is 10.5 Å². The van der Waals surface area contributed by atoms with Gasteiger partial charge in [0.15, 0.2) is 0 Å². The predicted molar refractivity (Wildman–Crippen MR) is 133 cm³/mol. The molecule has 31 heavy (non-hydrogen) atoms. The number of hydrogen-bond acceptors (Lipinski definition) is 2. The van der Waals surface area contributed by atoms with Gasteiger partial charge in [0.25, 0.3) is 0 Å². The Morgan fingerprint density at radius 1 is 1.03 bits per heavy atom. The molecule has 1 amide bonds. The van der Waals surface area contributed by atoms with Crippen LogP contribution >= 0.6 is 0 Å². The van der Waals surface area contributed by atoms with E-state index in [1.165, 1.54) is 16.3 Å². The summed E-state index contributed by atoms with van der Waals surface area (Å²) in [7, 11) is 0.729. The fraction of sp³-hybridized carbons (Fsp3) is 0.407. The Bertz CT molecular complexity index is 1030. The van der Waals surface area contributed by atoms with Crippen LogP contribution in [0.4, 0.5) is 5.69 Å². The Balaban J connectivity index is 1.73. The first kappa shape index (κ1) is 23.2. The Labute approximate surface area is 189 Å². The van der Waals surface area contributed by atoms with Crippen LogP contribution in [0.15, 0.2) is 54.7 Å². The zero-order valence-corrected chi connectivity index (χ0v) is 20.4. The van der Waals surface area contributed by atoms with Gasteiger partial charge in [-0.2, -0.15) is 0 Å². The van der Waals surface area contributed by atoms with Crippen molar-refractivity contribution in [1.29, 1.82) is 0 Å². The summed E-state index contributed by atoms with van der Waals surface area (Å²) in [6.45, 7) is 10.9. The molecule has 1 N–H and O–H groups in total. The molecular weight excluding hydrogens is 396 g/mol. The quantitative estimate of drug-likeness (QED) is 0.428. The van der Waals surface area contributed by atoms with Crippen LogP contribution in [0.25, 0.3) is 10.9 Å². The molecule has 0 aliphatic rings. The third kappa shape index (κ3) is 6.27. The topological polar surface area (TPSA) is 42.0 Å². The highest BCUT2D eigenvalue weighted by molar-refractivity contribution is 6.54. The highest BCUT2D eigenvalue weighted by Gasteiger charge is 2.25. The molecule has 3 rings (SSSR count). The smallest absolute Gasteiger partial charge is 0.227 e. The number of pyridine rings is 1. The van der Waals surface area contributed by atoms with Crippen LogP contribution in [0.3, 0.4) is 0 Å². The summed E-state index contributed by atoms with van der Waals surface area (Å²) < 4.78 is 0. The Kier molecular flexibility index (Phi) is 8.02. The first-order valence-corrected chi connectivity index (χ1v) is 12.5. The van der Waals surface area contributed by atoms with E-state index in [4.69, 9.17) is 0 Å². The molecule has 0 saturated carbocycles. The van der Waals surface area contributed by atoms with Crippen LogP contribution in [0, 0.1) is 31.6 Å². The van der Waals surface area contributed by atoms with E-state index in [9.17, 15) is 4.79 Å². The summed E-state index contributed by atoms with van der Waals surface area (Å²) in [6.07, 6.45) is 4.01. The van der Waals surface area contributed by atoms with Crippen LogP contribution in [0.2, 0.25) is 6.04 Å². The Morgan fingerprint density at radius 2 is 1.81 bits per heavy atom. The second kappa shape index (κ2) is 10.7. The maximum atomic E-state index is 13.2. The number of fused-ring (bicyclic) bond motifs is 1. The third-order valence-corrected chi connectivity index (χ3v) is 7.73. The summed E-state index contributed by atoms with van der Waals surface area (Å²) >= 11 is 0. The largest absolute Gasteiger partial charge is 0.324 e. The van der Waals surface area contributed by atoms with Crippen LogP contribution in [0.5, 0.6) is 0 Å². The third-order valence-electron chi connectivity index (χ3n) is 6.06. The number of benzene rings is 2. The maximum absolute atomic E-state index is 13.2. The summed E-state index contributed by atoms with van der Waals surface area (Å²) in [5.41, 5.74) is 4.31. The molecule has 162 valence electrons. The van der Waals surface area contributed by atoms with Gasteiger partial charge in [-0.1, -0.05) is 85.9 Å². The highest BCUT2D eigenvalue weighted by atomic mass is 28.2. The molecular formula is C27H34N2OSi. The van der Waals surface area contributed by atoms with Crippen molar-refractivity contribution in [3.05, 3.63) is 65.9 Å². The van der Waals surface area contributed by atoms with Gasteiger partial charge in [-0.3, -0.25) is 9.78 Å². The van der Waals surface area contributed by atoms with E-state index in [1.807, 2.05) is 30.3 Å². The zero-order valence-electron chi connectivity index (χ0n) is 19.4. The van der Waals surface area contributed by atoms with Gasteiger partial charge >= 0.3 is 0 Å². The monoisotopic (exact) mass is 430 g/mol. The van der Waals surface area contributed by atoms with Gasteiger partial charge in [-0.15, -0.1) is 0 Å². The molecule has 2 atom stereocenters. The highest BCUT2D eigenvalue weighted by Crippen LogP contribution is 2.27. The molecule has 3 nitrogen and oxygen atoms in total. The lowest BCUT2D eigenvalue weighted by Crippen LogP contribution is -2.30. The average Bonchev–Trinajstić information content (AvgIpc) is 2.74. The lowest BCUT2D eigenvalue weighted by Gasteiger charge is -2.24. The van der Waals surface area contributed by atoms with E-state index in [2.05, 4.69) is 63.1 Å². The van der Waals surface area contributed by atoms with E-state index >= 15 is 0 Å². The van der Waals surface area contributed by atoms with Gasteiger partial charge in [-0.25, -0.2) is 0 Å². The van der Waals surface area contributed by atoms with Crippen molar-refractivity contribution in [1.82, 2.24) is 4.98 Å². The van der Waals surface area contributed by atoms with Crippen LogP contribution in [-0.4, -0.2) is 20.4 Å². The summed E-state index contributed by atoms with van der Waals surface area (Å²) in [5, 5.41) is 5.64. The van der Waals surface area contributed by atoms with Crippen molar-refractivity contribution in [2.45, 2.75) is 53.5 Å². The van der Waals surface area contributed by atoms with Gasteiger partial charge in [0.1, 0.15) is 0 Å². The average molecular weight is 431 g/mol. The summed E-state index contributed by atoms with van der Waals surface area (Å²) in [6, 6.07) is 17.7. The Morgan fingerprint density at radius 3 is 2.55 bits per heavy atom. The van der Waals surface area contributed by atoms with E-state index in [0.29, 0.717) is 11.8 Å². The minimum Gasteiger partial charge on any atom is -0.324 e. The SMILES string of the molecule is Cc1ccc([Si]CC(CCC(C)C)C(C)C(=O)Nc2cccc3cccnc23)c(C)c1. The number of hydrogen-bond donors (Lipinski definition) is 1. The lowest BCUT2D eigenvalue weighted by atomic mass is 9.88. The normalized spacial score (nSPS) is 13.4. The van der Waals surface area contributed by atoms with Gasteiger partial charge in [0, 0.05) is 17.5 Å². The second-order valence-electron chi connectivity index (χ2n) is 9.09. The fourth-order valence-electron chi connectivity index (χ4n) is 3.99. The Hall–Kier alpha value is -2.46. The number of nitrogens with zero attached hydrogens (tertiary/aromatic N) is 1. The molecule has 3 aromatic rings. The molecule has 1 aromatic heterocycles. The van der Waals surface area contributed by atoms with Crippen molar-refractivity contribution in [2.75, 3.05) is 5.32 Å². The first-order valence-electron chi connectivity index (χ1n) is 11.3. The summed E-state index contributed by atoms with van der Waals surface area (Å²) in [4.78, 5) is 17.7. The molecule has 2 radical (unpaired) electrons. The minimum atomic E-state index is -0.0454. The molecule has 0 spiro atoms. The van der Waals surface area contributed by atoms with Gasteiger partial charge in [0.05, 0.1) is 20.7 Å². The number of para-hydroxylation sites is 1. The number of carbonyl (C=O) groups excluding carboxylic acids is 1. The lowest BCUT2D eigenvalue weighted by molar-refractivity contribution is -0.120. The van der Waals surface area contributed by atoms with Crippen LogP contribution in [-0.2, 0) is 4.79 Å². The van der Waals surface area contributed by atoms with E-state index in [1.54, 1.807) is 6.20 Å². The fourth-order valence-corrected chi connectivity index (χ4v) is 5.59. The van der Waals surface area contributed by atoms with Crippen LogP contribution in [0.1, 0.15) is 44.7 Å². The maximum Gasteiger partial charge on any atom is 0.227 e. The molecule has 1 heterocycles. The van der Waals surface area contributed by atoms with E-state index < -0.39 is 0 Å². The number of carbonyl (C=O) groups is 1. The number of aryl methyl sites for hydroxylation is 2. The number of nitrogens with one attached hydrogen (secondary N) is 1. The first-order chi connectivity index (χ1) is 14.8. The van der Waals surface area contributed by atoms with Gasteiger partial charge in [0.2, 0.25) is 5.91 Å². The predicted octanol–water partition coefficient (Wildman–Crippen LogP) is 5.93. The van der Waals surface area contributed by atoms with Crippen molar-refractivity contribution >= 4 is 37.2 Å². The van der Waals surface area contributed by atoms with E-state index in [-0.39, 0.29) is 11.8 Å². The molecule has 4 heteroatoms. The van der Waals surface area contributed by atoms with Gasteiger partial charge in [-0.05, 0) is 44.2 Å². The molecule has 2 aromatic carbocycles. The van der Waals surface area contributed by atoms with Crippen molar-refractivity contribution in [3.63, 3.8) is 0 Å². The number of aromatic nitrogens is 1.